The first kappa shape index (κ1) is 21.0. The van der Waals surface area contributed by atoms with Crippen molar-refractivity contribution in [2.45, 2.75) is 82.3 Å². The van der Waals surface area contributed by atoms with Crippen molar-refractivity contribution >= 4 is 18.3 Å². The first-order chi connectivity index (χ1) is 13.5. The number of carboxylic acids is 1. The molecule has 2 saturated heterocycles. The summed E-state index contributed by atoms with van der Waals surface area (Å²) in [6, 6.07) is -1.68. The second kappa shape index (κ2) is 9.65. The number of likely N-dealkylation sites (tertiary alicyclic amines) is 1. The monoisotopic (exact) mass is 400 g/mol. The average molecular weight is 400 g/mol. The van der Waals surface area contributed by atoms with Gasteiger partial charge in [0.15, 0.2) is 6.29 Å². The highest BCUT2D eigenvalue weighted by atomic mass is 19.1. The summed E-state index contributed by atoms with van der Waals surface area (Å²) < 4.78 is 19.2. The lowest BCUT2D eigenvalue weighted by atomic mass is 10.0. The number of hydrogen-bond donors (Lipinski definition) is 1. The standard InChI is InChI=1S/C19H29FN2O6/c20-14-9-16(19(25)26)21(11-14)17(24)10-15(7-6-13-4-5-13)22(12-23)28-18-3-1-2-8-27-18/h12-16,18H,1-11H2,(H,25,26). The molecular formula is C19H29FN2O6. The molecule has 0 radical (unpaired) electrons. The average Bonchev–Trinajstić information content (AvgIpc) is 3.43. The van der Waals surface area contributed by atoms with E-state index in [0.717, 1.165) is 42.1 Å². The van der Waals surface area contributed by atoms with Crippen molar-refractivity contribution in [1.29, 1.82) is 0 Å². The number of alkyl halides is 1. The van der Waals surface area contributed by atoms with E-state index in [0.29, 0.717) is 31.8 Å². The molecule has 3 aliphatic rings. The van der Waals surface area contributed by atoms with Gasteiger partial charge in [-0.3, -0.25) is 9.59 Å². The van der Waals surface area contributed by atoms with Crippen LogP contribution in [0.15, 0.2) is 0 Å². The number of carboxylic acid groups (broad SMARTS) is 1. The van der Waals surface area contributed by atoms with Crippen LogP contribution in [0.25, 0.3) is 0 Å². The number of ether oxygens (including phenoxy) is 1. The van der Waals surface area contributed by atoms with Crippen molar-refractivity contribution in [2.24, 2.45) is 5.92 Å². The van der Waals surface area contributed by atoms with E-state index in [2.05, 4.69) is 0 Å². The van der Waals surface area contributed by atoms with Crippen LogP contribution in [0, 0.1) is 5.92 Å². The van der Waals surface area contributed by atoms with E-state index in [1.807, 2.05) is 0 Å². The Bertz CT molecular complexity index is 567. The molecular weight excluding hydrogens is 371 g/mol. The predicted molar refractivity (Wildman–Crippen MR) is 95.6 cm³/mol. The lowest BCUT2D eigenvalue weighted by Gasteiger charge is -2.33. The molecule has 2 aliphatic heterocycles. The molecule has 28 heavy (non-hydrogen) atoms. The maximum Gasteiger partial charge on any atom is 0.326 e. The number of carbonyl (C=O) groups is 3. The van der Waals surface area contributed by atoms with Gasteiger partial charge in [0.05, 0.1) is 12.6 Å². The Morgan fingerprint density at radius 3 is 2.71 bits per heavy atom. The van der Waals surface area contributed by atoms with Crippen molar-refractivity contribution in [3.63, 3.8) is 0 Å². The SMILES string of the molecule is O=CN(OC1CCCCO1)C(CCC1CC1)CC(=O)N1CC(F)CC1C(=O)O. The van der Waals surface area contributed by atoms with Crippen LogP contribution >= 0.6 is 0 Å². The first-order valence-corrected chi connectivity index (χ1v) is 10.2. The van der Waals surface area contributed by atoms with E-state index in [1.54, 1.807) is 0 Å². The van der Waals surface area contributed by atoms with Crippen LogP contribution in [0.2, 0.25) is 0 Å². The predicted octanol–water partition coefficient (Wildman–Crippen LogP) is 1.88. The van der Waals surface area contributed by atoms with Gasteiger partial charge in [0.1, 0.15) is 12.2 Å². The highest BCUT2D eigenvalue weighted by Crippen LogP contribution is 2.35. The summed E-state index contributed by atoms with van der Waals surface area (Å²) in [5.74, 6) is -1.07. The first-order valence-electron chi connectivity index (χ1n) is 10.2. The molecule has 2 heterocycles. The molecule has 0 aromatic carbocycles. The van der Waals surface area contributed by atoms with Gasteiger partial charge in [-0.25, -0.2) is 19.1 Å². The molecule has 3 rings (SSSR count). The maximum absolute atomic E-state index is 13.7. The van der Waals surface area contributed by atoms with Gasteiger partial charge < -0.3 is 14.7 Å². The third kappa shape index (κ3) is 5.64. The Kier molecular flexibility index (Phi) is 7.23. The fourth-order valence-electron chi connectivity index (χ4n) is 3.89. The third-order valence-electron chi connectivity index (χ3n) is 5.71. The van der Waals surface area contributed by atoms with Crippen LogP contribution in [0.4, 0.5) is 4.39 Å². The molecule has 9 heteroatoms. The fourth-order valence-corrected chi connectivity index (χ4v) is 3.89. The molecule has 0 aromatic rings. The third-order valence-corrected chi connectivity index (χ3v) is 5.71. The van der Waals surface area contributed by atoms with Gasteiger partial charge in [0.25, 0.3) is 0 Å². The Labute approximate surface area is 163 Å². The molecule has 0 spiro atoms. The number of halogens is 1. The van der Waals surface area contributed by atoms with Crippen molar-refractivity contribution in [3.8, 4) is 0 Å². The summed E-state index contributed by atoms with van der Waals surface area (Å²) in [7, 11) is 0. The van der Waals surface area contributed by atoms with Gasteiger partial charge in [-0.15, -0.1) is 0 Å². The van der Waals surface area contributed by atoms with Crippen LogP contribution < -0.4 is 0 Å². The van der Waals surface area contributed by atoms with Crippen molar-refractivity contribution in [1.82, 2.24) is 9.96 Å². The minimum atomic E-state index is -1.34. The normalized spacial score (nSPS) is 28.8. The number of hydroxylamine groups is 2. The topological polar surface area (TPSA) is 96.4 Å². The number of rotatable bonds is 10. The number of nitrogens with zero attached hydrogens (tertiary/aromatic N) is 2. The van der Waals surface area contributed by atoms with E-state index >= 15 is 0 Å². The summed E-state index contributed by atoms with van der Waals surface area (Å²) in [4.78, 5) is 42.6. The second-order valence-electron chi connectivity index (χ2n) is 7.98. The summed E-state index contributed by atoms with van der Waals surface area (Å²) >= 11 is 0. The molecule has 1 N–H and O–H groups in total. The molecule has 8 nitrogen and oxygen atoms in total. The van der Waals surface area contributed by atoms with Crippen molar-refractivity contribution in [3.05, 3.63) is 0 Å². The summed E-state index contributed by atoms with van der Waals surface area (Å²) in [6.45, 7) is 0.341. The van der Waals surface area contributed by atoms with Crippen molar-refractivity contribution in [2.75, 3.05) is 13.2 Å². The molecule has 1 aliphatic carbocycles. The second-order valence-corrected chi connectivity index (χ2v) is 7.98. The zero-order valence-corrected chi connectivity index (χ0v) is 16.0. The Hall–Kier alpha value is -1.74. The minimum absolute atomic E-state index is 0.0886. The quantitative estimate of drug-likeness (QED) is 0.444. The Morgan fingerprint density at radius 2 is 2.11 bits per heavy atom. The largest absolute Gasteiger partial charge is 0.480 e. The summed E-state index contributed by atoms with van der Waals surface area (Å²) in [6.07, 6.45) is 4.69. The number of amides is 2. The van der Waals surface area contributed by atoms with Crippen LogP contribution in [0.3, 0.4) is 0 Å². The lowest BCUT2D eigenvalue weighted by Crippen LogP contribution is -2.46. The number of hydrogen-bond acceptors (Lipinski definition) is 5. The highest BCUT2D eigenvalue weighted by molar-refractivity contribution is 5.84. The molecule has 0 aromatic heterocycles. The van der Waals surface area contributed by atoms with Gasteiger partial charge in [-0.2, -0.15) is 0 Å². The van der Waals surface area contributed by atoms with Crippen LogP contribution in [0.1, 0.15) is 57.8 Å². The van der Waals surface area contributed by atoms with Gasteiger partial charge in [-0.1, -0.05) is 12.8 Å². The number of carbonyl (C=O) groups excluding carboxylic acids is 2. The van der Waals surface area contributed by atoms with E-state index in [-0.39, 0.29) is 19.4 Å². The number of aliphatic carboxylic acids is 1. The van der Waals surface area contributed by atoms with E-state index in [1.165, 1.54) is 0 Å². The lowest BCUT2D eigenvalue weighted by molar-refractivity contribution is -0.286. The molecule has 4 unspecified atom stereocenters. The van der Waals surface area contributed by atoms with Gasteiger partial charge in [0.2, 0.25) is 12.3 Å². The minimum Gasteiger partial charge on any atom is -0.480 e. The van der Waals surface area contributed by atoms with Crippen LogP contribution in [-0.2, 0) is 24.0 Å². The molecule has 4 atom stereocenters. The smallest absolute Gasteiger partial charge is 0.326 e. The Morgan fingerprint density at radius 1 is 1.32 bits per heavy atom. The molecule has 3 fully saturated rings. The molecule has 1 saturated carbocycles. The maximum atomic E-state index is 13.7. The van der Waals surface area contributed by atoms with Crippen LogP contribution in [-0.4, -0.2) is 71.1 Å². The van der Waals surface area contributed by atoms with Gasteiger partial charge in [0, 0.05) is 25.9 Å². The highest BCUT2D eigenvalue weighted by Gasteiger charge is 2.41. The van der Waals surface area contributed by atoms with E-state index in [9.17, 15) is 23.9 Å². The fraction of sp³-hybridized carbons (Fsp3) is 0.842. The zero-order valence-electron chi connectivity index (χ0n) is 16.0. The van der Waals surface area contributed by atoms with E-state index < -0.39 is 36.4 Å². The van der Waals surface area contributed by atoms with Crippen LogP contribution in [0.5, 0.6) is 0 Å². The Balaban J connectivity index is 1.64. The molecule has 158 valence electrons. The summed E-state index contributed by atoms with van der Waals surface area (Å²) in [5.41, 5.74) is 0. The van der Waals surface area contributed by atoms with Gasteiger partial charge >= 0.3 is 5.97 Å². The van der Waals surface area contributed by atoms with E-state index in [4.69, 9.17) is 9.57 Å². The van der Waals surface area contributed by atoms with Gasteiger partial charge in [-0.05, 0) is 31.6 Å². The van der Waals surface area contributed by atoms with Crippen molar-refractivity contribution < 1.29 is 33.5 Å². The molecule has 2 amide bonds. The summed E-state index contributed by atoms with van der Waals surface area (Å²) in [5, 5.41) is 10.4. The zero-order chi connectivity index (χ0) is 20.1. The molecule has 0 bridgehead atoms.